The van der Waals surface area contributed by atoms with Crippen LogP contribution in [0.2, 0.25) is 0 Å². The largest absolute Gasteiger partial charge is 0.442 e. The van der Waals surface area contributed by atoms with Crippen LogP contribution in [-0.2, 0) is 20.8 Å². The normalized spacial score (nSPS) is 15.1. The van der Waals surface area contributed by atoms with Crippen LogP contribution in [0.3, 0.4) is 0 Å². The lowest BCUT2D eigenvalue weighted by atomic mass is 10.1. The van der Waals surface area contributed by atoms with Crippen molar-refractivity contribution in [1.82, 2.24) is 0 Å². The molecule has 0 fully saturated rings. The first kappa shape index (κ1) is 18.3. The van der Waals surface area contributed by atoms with Gasteiger partial charge in [-0.2, -0.15) is 13.2 Å². The number of primary amides is 1. The van der Waals surface area contributed by atoms with E-state index in [4.69, 9.17) is 10.5 Å². The topological polar surface area (TPSA) is 86.5 Å². The summed E-state index contributed by atoms with van der Waals surface area (Å²) in [6, 6.07) is 3.40. The van der Waals surface area contributed by atoms with Gasteiger partial charge in [0.15, 0.2) is 9.84 Å². The smallest absolute Gasteiger partial charge is 0.416 e. The molecule has 0 aromatic heterocycles. The highest BCUT2D eigenvalue weighted by Gasteiger charge is 2.35. The number of rotatable bonds is 5. The van der Waals surface area contributed by atoms with E-state index in [0.717, 1.165) is 18.2 Å². The predicted octanol–water partition coefficient (Wildman–Crippen LogP) is 2.74. The molecule has 0 aliphatic carbocycles. The minimum atomic E-state index is -4.65. The molecular weight excluding hydrogens is 323 g/mol. The molecule has 1 amide bonds. The van der Waals surface area contributed by atoms with Crippen molar-refractivity contribution < 1.29 is 31.1 Å². The van der Waals surface area contributed by atoms with E-state index in [0.29, 0.717) is 6.07 Å². The Labute approximate surface area is 126 Å². The second-order valence-electron chi connectivity index (χ2n) is 5.01. The molecule has 124 valence electrons. The fraction of sp³-hybridized carbons (Fsp3) is 0.462. The summed E-state index contributed by atoms with van der Waals surface area (Å²) in [6.07, 6.45) is -5.67. The Bertz CT molecular complexity index is 657. The van der Waals surface area contributed by atoms with E-state index >= 15 is 0 Å². The van der Waals surface area contributed by atoms with Gasteiger partial charge in [0.2, 0.25) is 0 Å². The zero-order valence-electron chi connectivity index (χ0n) is 12.0. The van der Waals surface area contributed by atoms with Gasteiger partial charge in [0.25, 0.3) is 0 Å². The summed E-state index contributed by atoms with van der Waals surface area (Å²) < 4.78 is 67.3. The molecule has 0 saturated heterocycles. The van der Waals surface area contributed by atoms with Crippen molar-refractivity contribution in [3.63, 3.8) is 0 Å². The van der Waals surface area contributed by atoms with E-state index in [1.165, 1.54) is 6.92 Å². The summed E-state index contributed by atoms with van der Waals surface area (Å²) in [5, 5.41) is 0. The maximum Gasteiger partial charge on any atom is 0.416 e. The summed E-state index contributed by atoms with van der Waals surface area (Å²) in [5.74, 6) is -0.666. The van der Waals surface area contributed by atoms with E-state index in [1.807, 2.05) is 0 Å². The number of carbonyl (C=O) groups excluding carboxylic acids is 1. The molecular formula is C13H16F3NO4S. The van der Waals surface area contributed by atoms with Gasteiger partial charge in [-0.25, -0.2) is 13.2 Å². The van der Waals surface area contributed by atoms with Crippen LogP contribution in [0.5, 0.6) is 0 Å². The van der Waals surface area contributed by atoms with Crippen LogP contribution in [0.4, 0.5) is 18.0 Å². The Hall–Kier alpha value is -1.77. The highest BCUT2D eigenvalue weighted by Crippen LogP contribution is 2.31. The number of sulfone groups is 1. The maximum atomic E-state index is 12.7. The summed E-state index contributed by atoms with van der Waals surface area (Å²) in [6.45, 7) is 2.92. The number of alkyl halides is 3. The molecule has 1 aromatic carbocycles. The molecule has 0 spiro atoms. The predicted molar refractivity (Wildman–Crippen MR) is 72.9 cm³/mol. The number of hydrogen-bond acceptors (Lipinski definition) is 4. The van der Waals surface area contributed by atoms with Crippen molar-refractivity contribution in [1.29, 1.82) is 0 Å². The lowest BCUT2D eigenvalue weighted by Crippen LogP contribution is -2.40. The Balaban J connectivity index is 3.17. The molecule has 0 heterocycles. The van der Waals surface area contributed by atoms with Crippen LogP contribution in [0.1, 0.15) is 25.8 Å². The Morgan fingerprint density at radius 3 is 2.36 bits per heavy atom. The molecule has 0 bridgehead atoms. The van der Waals surface area contributed by atoms with Gasteiger partial charge in [-0.1, -0.05) is 13.0 Å². The first-order valence-corrected chi connectivity index (χ1v) is 7.93. The van der Waals surface area contributed by atoms with Crippen molar-refractivity contribution in [2.75, 3.05) is 5.75 Å². The van der Waals surface area contributed by atoms with Gasteiger partial charge in [-0.3, -0.25) is 0 Å². The third-order valence-electron chi connectivity index (χ3n) is 3.11. The zero-order valence-corrected chi connectivity index (χ0v) is 12.8. The van der Waals surface area contributed by atoms with E-state index in [9.17, 15) is 26.4 Å². The van der Waals surface area contributed by atoms with Gasteiger partial charge < -0.3 is 10.5 Å². The maximum absolute atomic E-state index is 12.7. The molecule has 5 nitrogen and oxygen atoms in total. The van der Waals surface area contributed by atoms with E-state index in [2.05, 4.69) is 0 Å². The zero-order chi connectivity index (χ0) is 17.2. The molecule has 9 heteroatoms. The van der Waals surface area contributed by atoms with Gasteiger partial charge in [-0.05, 0) is 31.5 Å². The molecule has 0 saturated carbocycles. The van der Waals surface area contributed by atoms with Crippen LogP contribution in [0.15, 0.2) is 29.2 Å². The number of halogens is 3. The van der Waals surface area contributed by atoms with Crippen LogP contribution in [-0.4, -0.2) is 25.9 Å². The summed E-state index contributed by atoms with van der Waals surface area (Å²) in [7, 11) is -4.09. The van der Waals surface area contributed by atoms with E-state index < -0.39 is 43.9 Å². The Morgan fingerprint density at radius 1 is 1.32 bits per heavy atom. The summed E-state index contributed by atoms with van der Waals surface area (Å²) >= 11 is 0. The second kappa shape index (κ2) is 6.15. The van der Waals surface area contributed by atoms with E-state index in [-0.39, 0.29) is 6.42 Å². The second-order valence-corrected chi connectivity index (χ2v) is 7.00. The lowest BCUT2D eigenvalue weighted by molar-refractivity contribution is -0.137. The van der Waals surface area contributed by atoms with Crippen LogP contribution >= 0.6 is 0 Å². The molecule has 1 aromatic rings. The number of amides is 1. The third kappa shape index (κ3) is 4.62. The molecule has 2 N–H and O–H groups in total. The number of benzene rings is 1. The van der Waals surface area contributed by atoms with Crippen molar-refractivity contribution in [3.05, 3.63) is 29.8 Å². The number of ether oxygens (including phenoxy) is 1. The van der Waals surface area contributed by atoms with Crippen LogP contribution in [0, 0.1) is 0 Å². The molecule has 1 atom stereocenters. The summed E-state index contributed by atoms with van der Waals surface area (Å²) in [5.41, 5.74) is 2.40. The van der Waals surface area contributed by atoms with Crippen LogP contribution < -0.4 is 5.73 Å². The number of hydrogen-bond donors (Lipinski definition) is 1. The minimum Gasteiger partial charge on any atom is -0.442 e. The minimum absolute atomic E-state index is 0.133. The van der Waals surface area contributed by atoms with Gasteiger partial charge in [-0.15, -0.1) is 0 Å². The van der Waals surface area contributed by atoms with Crippen molar-refractivity contribution in [2.45, 2.75) is 36.9 Å². The van der Waals surface area contributed by atoms with E-state index in [1.54, 1.807) is 6.92 Å². The molecule has 0 aliphatic rings. The first-order chi connectivity index (χ1) is 9.89. The van der Waals surface area contributed by atoms with Crippen molar-refractivity contribution >= 4 is 15.9 Å². The van der Waals surface area contributed by atoms with Gasteiger partial charge >= 0.3 is 12.3 Å². The molecule has 0 aliphatic heterocycles. The molecule has 22 heavy (non-hydrogen) atoms. The number of nitrogens with two attached hydrogens (primary N) is 1. The van der Waals surface area contributed by atoms with Crippen molar-refractivity contribution in [3.8, 4) is 0 Å². The molecule has 1 unspecified atom stereocenters. The SMILES string of the molecule is CCC(C)(CS(=O)(=O)c1cccc(C(F)(F)F)c1)OC(N)=O. The highest BCUT2D eigenvalue weighted by molar-refractivity contribution is 7.91. The highest BCUT2D eigenvalue weighted by atomic mass is 32.2. The fourth-order valence-electron chi connectivity index (χ4n) is 1.80. The molecule has 1 rings (SSSR count). The third-order valence-corrected chi connectivity index (χ3v) is 5.07. The van der Waals surface area contributed by atoms with Crippen LogP contribution in [0.25, 0.3) is 0 Å². The standard InChI is InChI=1S/C13H16F3NO4S/c1-3-12(2,21-11(17)18)8-22(19,20)10-6-4-5-9(7-10)13(14,15)16/h4-7H,3,8H2,1-2H3,(H2,17,18). The first-order valence-electron chi connectivity index (χ1n) is 6.28. The summed E-state index contributed by atoms with van der Waals surface area (Å²) in [4.78, 5) is 10.3. The molecule has 0 radical (unpaired) electrons. The van der Waals surface area contributed by atoms with Gasteiger partial charge in [0.05, 0.1) is 16.2 Å². The van der Waals surface area contributed by atoms with Gasteiger partial charge in [0.1, 0.15) is 5.60 Å². The Morgan fingerprint density at radius 2 is 1.91 bits per heavy atom. The van der Waals surface area contributed by atoms with Crippen molar-refractivity contribution in [2.24, 2.45) is 5.73 Å². The quantitative estimate of drug-likeness (QED) is 0.893. The fourth-order valence-corrected chi connectivity index (χ4v) is 3.62. The average Bonchev–Trinajstić information content (AvgIpc) is 2.36. The monoisotopic (exact) mass is 339 g/mol. The Kier molecular flexibility index (Phi) is 5.11. The average molecular weight is 339 g/mol. The lowest BCUT2D eigenvalue weighted by Gasteiger charge is -2.27. The number of carbonyl (C=O) groups is 1. The van der Waals surface area contributed by atoms with Gasteiger partial charge in [0, 0.05) is 0 Å².